The lowest BCUT2D eigenvalue weighted by Crippen LogP contribution is -2.18. The highest BCUT2D eigenvalue weighted by molar-refractivity contribution is 6.07. The normalized spacial score (nSPS) is 10.9. The predicted molar refractivity (Wildman–Crippen MR) is 113 cm³/mol. The van der Waals surface area contributed by atoms with Crippen molar-refractivity contribution in [2.24, 2.45) is 12.9 Å². The Bertz CT molecular complexity index is 997. The molecule has 166 valence electrons. The molecule has 9 heteroatoms. The van der Waals surface area contributed by atoms with Crippen LogP contribution in [0.5, 0.6) is 0 Å². The number of halogens is 3. The number of nitrogens with zero attached hydrogens (tertiary/aromatic N) is 2. The van der Waals surface area contributed by atoms with Crippen LogP contribution in [0.15, 0.2) is 54.7 Å². The summed E-state index contributed by atoms with van der Waals surface area (Å²) >= 11 is 0. The van der Waals surface area contributed by atoms with E-state index >= 15 is 0 Å². The molecule has 0 saturated heterocycles. The van der Waals surface area contributed by atoms with Gasteiger partial charge in [0.1, 0.15) is 0 Å². The van der Waals surface area contributed by atoms with E-state index < -0.39 is 23.3 Å². The van der Waals surface area contributed by atoms with Gasteiger partial charge in [-0.15, -0.1) is 0 Å². The molecule has 3 N–H and O–H groups in total. The Kier molecular flexibility index (Phi) is 8.35. The summed E-state index contributed by atoms with van der Waals surface area (Å²) in [5.74, 6) is 3.78. The number of anilines is 1. The average molecular weight is 434 g/mol. The van der Waals surface area contributed by atoms with Crippen molar-refractivity contribution in [3.05, 3.63) is 71.5 Å². The van der Waals surface area contributed by atoms with Crippen LogP contribution < -0.4 is 11.2 Å². The van der Waals surface area contributed by atoms with E-state index in [0.29, 0.717) is 12.3 Å². The minimum absolute atomic E-state index is 0.429. The van der Waals surface area contributed by atoms with Gasteiger partial charge >= 0.3 is 6.18 Å². The Morgan fingerprint density at radius 1 is 1.16 bits per heavy atom. The monoisotopic (exact) mass is 434 g/mol. The molecule has 2 aromatic carbocycles. The number of para-hydroxylation sites is 1. The number of hydrogen-bond donors (Lipinski definition) is 2. The molecule has 0 atom stereocenters. The molecule has 0 unspecified atom stereocenters. The third-order valence-electron chi connectivity index (χ3n) is 4.20. The Hall–Kier alpha value is -3.17. The van der Waals surface area contributed by atoms with Crippen LogP contribution in [0, 0.1) is 6.92 Å². The van der Waals surface area contributed by atoms with Gasteiger partial charge < -0.3 is 10.2 Å². The Morgan fingerprint density at radius 3 is 2.35 bits per heavy atom. The van der Waals surface area contributed by atoms with Crippen molar-refractivity contribution in [3.63, 3.8) is 0 Å². The molecule has 0 spiro atoms. The zero-order valence-electron chi connectivity index (χ0n) is 17.5. The summed E-state index contributed by atoms with van der Waals surface area (Å²) in [7, 11) is 1.34. The van der Waals surface area contributed by atoms with E-state index in [1.165, 1.54) is 7.05 Å². The maximum absolute atomic E-state index is 13.1. The third-order valence-corrected chi connectivity index (χ3v) is 4.20. The van der Waals surface area contributed by atoms with Crippen LogP contribution in [0.3, 0.4) is 0 Å². The molecule has 0 fully saturated rings. The fourth-order valence-corrected chi connectivity index (χ4v) is 2.75. The van der Waals surface area contributed by atoms with Gasteiger partial charge in [0, 0.05) is 24.5 Å². The highest BCUT2D eigenvalue weighted by Crippen LogP contribution is 2.32. The molecule has 3 rings (SSSR count). The van der Waals surface area contributed by atoms with Gasteiger partial charge in [-0.05, 0) is 25.0 Å². The SMILES string of the molecule is CCCON.Cc1ccc(-c2ccccc2NC(=O)c2cn(C)nc2C(F)(F)F)cc1. The molecule has 6 nitrogen and oxygen atoms in total. The standard InChI is InChI=1S/C19H16F3N3O.C3H9NO/c1-12-7-9-13(10-8-12)14-5-3-4-6-16(14)23-18(26)15-11-25(2)24-17(15)19(20,21)22;1-2-3-5-4/h3-11H,1-2H3,(H,23,26);2-4H2,1H3. The molecule has 1 aromatic heterocycles. The smallest absolute Gasteiger partial charge is 0.321 e. The van der Waals surface area contributed by atoms with Gasteiger partial charge in [0.15, 0.2) is 5.69 Å². The molecule has 0 aliphatic rings. The second-order valence-corrected chi connectivity index (χ2v) is 6.80. The summed E-state index contributed by atoms with van der Waals surface area (Å²) in [6, 6.07) is 14.6. The number of rotatable bonds is 5. The van der Waals surface area contributed by atoms with E-state index in [-0.39, 0.29) is 0 Å². The van der Waals surface area contributed by atoms with Crippen LogP contribution in [0.1, 0.15) is 35.0 Å². The third kappa shape index (κ3) is 6.66. The second-order valence-electron chi connectivity index (χ2n) is 6.80. The van der Waals surface area contributed by atoms with E-state index in [1.807, 2.05) is 38.1 Å². The Balaban J connectivity index is 0.000000614. The number of carbonyl (C=O) groups excluding carboxylic acids is 1. The Labute approximate surface area is 178 Å². The van der Waals surface area contributed by atoms with Crippen molar-refractivity contribution in [3.8, 4) is 11.1 Å². The molecule has 0 aliphatic heterocycles. The largest absolute Gasteiger partial charge is 0.435 e. The molecule has 1 heterocycles. The minimum Gasteiger partial charge on any atom is -0.321 e. The lowest BCUT2D eigenvalue weighted by Gasteiger charge is -2.12. The van der Waals surface area contributed by atoms with Crippen LogP contribution in [0.4, 0.5) is 18.9 Å². The zero-order chi connectivity index (χ0) is 23.0. The zero-order valence-corrected chi connectivity index (χ0v) is 17.5. The summed E-state index contributed by atoms with van der Waals surface area (Å²) in [4.78, 5) is 16.7. The highest BCUT2D eigenvalue weighted by Gasteiger charge is 2.39. The lowest BCUT2D eigenvalue weighted by molar-refractivity contribution is -0.141. The van der Waals surface area contributed by atoms with Crippen molar-refractivity contribution < 1.29 is 22.8 Å². The van der Waals surface area contributed by atoms with Crippen LogP contribution in [0.25, 0.3) is 11.1 Å². The first-order valence-corrected chi connectivity index (χ1v) is 9.57. The number of alkyl halides is 3. The van der Waals surface area contributed by atoms with Gasteiger partial charge in [-0.3, -0.25) is 9.48 Å². The number of aryl methyl sites for hydroxylation is 2. The van der Waals surface area contributed by atoms with Crippen molar-refractivity contribution >= 4 is 11.6 Å². The number of hydrogen-bond acceptors (Lipinski definition) is 4. The fraction of sp³-hybridized carbons (Fsp3) is 0.273. The molecule has 0 aliphatic carbocycles. The molecule has 3 aromatic rings. The van der Waals surface area contributed by atoms with Crippen molar-refractivity contribution in [1.29, 1.82) is 0 Å². The van der Waals surface area contributed by atoms with E-state index in [0.717, 1.165) is 34.0 Å². The summed E-state index contributed by atoms with van der Waals surface area (Å²) in [6.45, 7) is 4.63. The van der Waals surface area contributed by atoms with Crippen LogP contribution in [0.2, 0.25) is 0 Å². The fourth-order valence-electron chi connectivity index (χ4n) is 2.75. The maximum atomic E-state index is 13.1. The summed E-state index contributed by atoms with van der Waals surface area (Å²) < 4.78 is 40.2. The summed E-state index contributed by atoms with van der Waals surface area (Å²) in [6.07, 6.45) is -2.65. The Morgan fingerprint density at radius 2 is 1.81 bits per heavy atom. The highest BCUT2D eigenvalue weighted by atomic mass is 19.4. The first-order valence-electron chi connectivity index (χ1n) is 9.57. The van der Waals surface area contributed by atoms with E-state index in [1.54, 1.807) is 24.3 Å². The van der Waals surface area contributed by atoms with Crippen molar-refractivity contribution in [2.75, 3.05) is 11.9 Å². The average Bonchev–Trinajstić information content (AvgIpc) is 3.13. The topological polar surface area (TPSA) is 82.2 Å². The first-order chi connectivity index (χ1) is 14.7. The number of nitrogens with two attached hydrogens (primary N) is 1. The molecular formula is C22H25F3N4O2. The number of carbonyl (C=O) groups is 1. The molecule has 1 amide bonds. The molecule has 0 radical (unpaired) electrons. The minimum atomic E-state index is -4.70. The quantitative estimate of drug-likeness (QED) is 0.557. The van der Waals surface area contributed by atoms with Gasteiger partial charge in [0.25, 0.3) is 5.91 Å². The number of benzene rings is 2. The van der Waals surface area contributed by atoms with Crippen molar-refractivity contribution in [1.82, 2.24) is 9.78 Å². The van der Waals surface area contributed by atoms with Crippen LogP contribution in [-0.2, 0) is 18.1 Å². The summed E-state index contributed by atoms with van der Waals surface area (Å²) in [5.41, 5.74) is 1.37. The molecule has 0 saturated carbocycles. The first kappa shape index (κ1) is 24.1. The number of nitrogens with one attached hydrogen (secondary N) is 1. The van der Waals surface area contributed by atoms with Crippen LogP contribution >= 0.6 is 0 Å². The van der Waals surface area contributed by atoms with Gasteiger partial charge in [-0.1, -0.05) is 55.0 Å². The summed E-state index contributed by atoms with van der Waals surface area (Å²) in [5, 5.41) is 5.94. The lowest BCUT2D eigenvalue weighted by atomic mass is 10.0. The van der Waals surface area contributed by atoms with E-state index in [9.17, 15) is 18.0 Å². The van der Waals surface area contributed by atoms with Crippen LogP contribution in [-0.4, -0.2) is 22.3 Å². The molecule has 31 heavy (non-hydrogen) atoms. The van der Waals surface area contributed by atoms with Gasteiger partial charge in [-0.25, -0.2) is 5.90 Å². The van der Waals surface area contributed by atoms with Gasteiger partial charge in [0.2, 0.25) is 0 Å². The molecule has 0 bridgehead atoms. The van der Waals surface area contributed by atoms with Gasteiger partial charge in [-0.2, -0.15) is 18.3 Å². The van der Waals surface area contributed by atoms with Crippen molar-refractivity contribution in [2.45, 2.75) is 26.4 Å². The number of amides is 1. The van der Waals surface area contributed by atoms with Gasteiger partial charge in [0.05, 0.1) is 12.2 Å². The van der Waals surface area contributed by atoms with E-state index in [2.05, 4.69) is 21.2 Å². The number of aromatic nitrogens is 2. The molecular weight excluding hydrogens is 409 g/mol. The predicted octanol–water partition coefficient (Wildman–Crippen LogP) is 4.95. The second kappa shape index (κ2) is 10.7. The maximum Gasteiger partial charge on any atom is 0.435 e. The van der Waals surface area contributed by atoms with E-state index in [4.69, 9.17) is 0 Å².